The molecule has 1 amide bonds. The molecule has 5 heteroatoms. The molecule has 0 unspecified atom stereocenters. The minimum Gasteiger partial charge on any atom is -0.392 e. The van der Waals surface area contributed by atoms with Crippen LogP contribution in [0.2, 0.25) is 0 Å². The third kappa shape index (κ3) is 3.65. The highest BCUT2D eigenvalue weighted by Crippen LogP contribution is 2.15. The van der Waals surface area contributed by atoms with Crippen LogP contribution in [-0.2, 0) is 13.2 Å². The van der Waals surface area contributed by atoms with Crippen molar-refractivity contribution in [3.05, 3.63) is 69.4 Å². The third-order valence-corrected chi connectivity index (χ3v) is 3.31. The van der Waals surface area contributed by atoms with E-state index in [1.807, 2.05) is 18.2 Å². The molecule has 0 spiro atoms. The molecule has 0 aliphatic carbocycles. The van der Waals surface area contributed by atoms with Gasteiger partial charge >= 0.3 is 0 Å². The van der Waals surface area contributed by atoms with E-state index in [9.17, 15) is 14.3 Å². The summed E-state index contributed by atoms with van der Waals surface area (Å²) in [5.41, 5.74) is 1.84. The minimum absolute atomic E-state index is 0.0858. The Balaban J connectivity index is 2.08. The van der Waals surface area contributed by atoms with Gasteiger partial charge in [0, 0.05) is 16.6 Å². The quantitative estimate of drug-likeness (QED) is 0.900. The lowest BCUT2D eigenvalue weighted by Gasteiger charge is -2.09. The molecule has 20 heavy (non-hydrogen) atoms. The van der Waals surface area contributed by atoms with Gasteiger partial charge in [0.05, 0.1) is 6.61 Å². The number of aliphatic hydroxyl groups is 1. The summed E-state index contributed by atoms with van der Waals surface area (Å²) in [5, 5.41) is 11.9. The zero-order chi connectivity index (χ0) is 14.5. The Morgan fingerprint density at radius 3 is 2.55 bits per heavy atom. The summed E-state index contributed by atoms with van der Waals surface area (Å²) in [5.74, 6) is -0.835. The number of rotatable bonds is 4. The first-order chi connectivity index (χ1) is 9.60. The molecule has 2 aromatic carbocycles. The zero-order valence-corrected chi connectivity index (χ0v) is 12.2. The molecule has 0 atom stereocenters. The van der Waals surface area contributed by atoms with Crippen molar-refractivity contribution in [3.8, 4) is 0 Å². The van der Waals surface area contributed by atoms with Crippen LogP contribution in [-0.4, -0.2) is 11.0 Å². The number of aliphatic hydroxyl groups excluding tert-OH is 1. The summed E-state index contributed by atoms with van der Waals surface area (Å²) in [7, 11) is 0. The molecule has 104 valence electrons. The number of hydrogen-bond acceptors (Lipinski definition) is 2. The summed E-state index contributed by atoms with van der Waals surface area (Å²) < 4.78 is 13.7. The second-order valence-corrected chi connectivity index (χ2v) is 5.18. The van der Waals surface area contributed by atoms with Crippen molar-refractivity contribution >= 4 is 21.8 Å². The molecule has 0 bridgehead atoms. The number of nitrogens with one attached hydrogen (secondary N) is 1. The minimum atomic E-state index is -0.472. The molecule has 2 rings (SSSR count). The van der Waals surface area contributed by atoms with E-state index in [-0.39, 0.29) is 24.6 Å². The maximum absolute atomic E-state index is 13.2. The maximum atomic E-state index is 13.2. The molecule has 2 N–H and O–H groups in total. The molecular formula is C15H13BrFNO2. The summed E-state index contributed by atoms with van der Waals surface area (Å²) in [6, 6.07) is 11.3. The van der Waals surface area contributed by atoms with Crippen LogP contribution in [0.3, 0.4) is 0 Å². The van der Waals surface area contributed by atoms with Gasteiger partial charge in [0.1, 0.15) is 5.82 Å². The average Bonchev–Trinajstić information content (AvgIpc) is 2.44. The molecule has 0 fully saturated rings. The maximum Gasteiger partial charge on any atom is 0.251 e. The fourth-order valence-electron chi connectivity index (χ4n) is 1.85. The van der Waals surface area contributed by atoms with Gasteiger partial charge in [-0.05, 0) is 29.3 Å². The summed E-state index contributed by atoms with van der Waals surface area (Å²) in [6.07, 6.45) is 0. The van der Waals surface area contributed by atoms with Crippen LogP contribution in [0.1, 0.15) is 21.5 Å². The van der Waals surface area contributed by atoms with Gasteiger partial charge in [-0.1, -0.05) is 40.2 Å². The summed E-state index contributed by atoms with van der Waals surface area (Å²) in [4.78, 5) is 12.0. The van der Waals surface area contributed by atoms with Crippen LogP contribution < -0.4 is 5.32 Å². The number of amides is 1. The number of benzene rings is 2. The van der Waals surface area contributed by atoms with Crippen molar-refractivity contribution in [1.82, 2.24) is 5.32 Å². The highest BCUT2D eigenvalue weighted by atomic mass is 79.9. The molecule has 0 radical (unpaired) electrons. The molecule has 0 heterocycles. The Labute approximate surface area is 124 Å². The standard InChI is InChI=1S/C15H13BrFNO2/c16-13-5-12(6-14(17)7-13)15(20)18-8-10-3-1-2-4-11(10)9-19/h1-7,19H,8-9H2,(H,18,20). The Morgan fingerprint density at radius 1 is 1.20 bits per heavy atom. The lowest BCUT2D eigenvalue weighted by Crippen LogP contribution is -2.23. The van der Waals surface area contributed by atoms with Crippen LogP contribution in [0.25, 0.3) is 0 Å². The SMILES string of the molecule is O=C(NCc1ccccc1CO)c1cc(F)cc(Br)c1. The first kappa shape index (κ1) is 14.7. The topological polar surface area (TPSA) is 49.3 Å². The largest absolute Gasteiger partial charge is 0.392 e. The zero-order valence-electron chi connectivity index (χ0n) is 10.6. The lowest BCUT2D eigenvalue weighted by atomic mass is 10.1. The molecular weight excluding hydrogens is 325 g/mol. The molecule has 0 aliphatic rings. The van der Waals surface area contributed by atoms with E-state index in [1.165, 1.54) is 12.1 Å². The first-order valence-corrected chi connectivity index (χ1v) is 6.81. The second-order valence-electron chi connectivity index (χ2n) is 4.27. The average molecular weight is 338 g/mol. The summed E-state index contributed by atoms with van der Waals surface area (Å²) in [6.45, 7) is 0.196. The Bertz CT molecular complexity index is 611. The highest BCUT2D eigenvalue weighted by Gasteiger charge is 2.09. The molecule has 0 saturated heterocycles. The molecule has 0 aromatic heterocycles. The molecule has 0 saturated carbocycles. The number of carbonyl (C=O) groups is 1. The Morgan fingerprint density at radius 2 is 1.90 bits per heavy atom. The molecule has 0 aliphatic heterocycles. The number of halogens is 2. The van der Waals surface area contributed by atoms with Crippen LogP contribution in [0.4, 0.5) is 4.39 Å². The number of carbonyl (C=O) groups excluding carboxylic acids is 1. The van der Waals surface area contributed by atoms with Gasteiger partial charge in [-0.2, -0.15) is 0 Å². The first-order valence-electron chi connectivity index (χ1n) is 6.02. The van der Waals surface area contributed by atoms with Crippen molar-refractivity contribution in [1.29, 1.82) is 0 Å². The van der Waals surface area contributed by atoms with Crippen LogP contribution >= 0.6 is 15.9 Å². The van der Waals surface area contributed by atoms with E-state index in [4.69, 9.17) is 0 Å². The van der Waals surface area contributed by atoms with Gasteiger partial charge in [-0.25, -0.2) is 4.39 Å². The van der Waals surface area contributed by atoms with Gasteiger partial charge in [0.2, 0.25) is 0 Å². The van der Waals surface area contributed by atoms with Gasteiger partial charge in [-0.15, -0.1) is 0 Å². The van der Waals surface area contributed by atoms with Crippen LogP contribution in [0.5, 0.6) is 0 Å². The smallest absolute Gasteiger partial charge is 0.251 e. The van der Waals surface area contributed by atoms with E-state index in [2.05, 4.69) is 21.2 Å². The van der Waals surface area contributed by atoms with Crippen LogP contribution in [0, 0.1) is 5.82 Å². The van der Waals surface area contributed by atoms with Crippen LogP contribution in [0.15, 0.2) is 46.9 Å². The van der Waals surface area contributed by atoms with E-state index in [0.717, 1.165) is 11.1 Å². The summed E-state index contributed by atoms with van der Waals surface area (Å²) >= 11 is 3.15. The predicted octanol–water partition coefficient (Wildman–Crippen LogP) is 3.01. The van der Waals surface area contributed by atoms with E-state index < -0.39 is 5.82 Å². The highest BCUT2D eigenvalue weighted by molar-refractivity contribution is 9.10. The van der Waals surface area contributed by atoms with E-state index in [1.54, 1.807) is 12.1 Å². The van der Waals surface area contributed by atoms with Crippen molar-refractivity contribution in [2.24, 2.45) is 0 Å². The monoisotopic (exact) mass is 337 g/mol. The lowest BCUT2D eigenvalue weighted by molar-refractivity contribution is 0.0950. The van der Waals surface area contributed by atoms with Crippen molar-refractivity contribution < 1.29 is 14.3 Å². The van der Waals surface area contributed by atoms with E-state index >= 15 is 0 Å². The fraction of sp³-hybridized carbons (Fsp3) is 0.133. The van der Waals surface area contributed by atoms with Gasteiger partial charge < -0.3 is 10.4 Å². The third-order valence-electron chi connectivity index (χ3n) is 2.85. The predicted molar refractivity (Wildman–Crippen MR) is 77.6 cm³/mol. The van der Waals surface area contributed by atoms with Gasteiger partial charge in [-0.3, -0.25) is 4.79 Å². The normalized spacial score (nSPS) is 10.3. The fourth-order valence-corrected chi connectivity index (χ4v) is 2.31. The Hall–Kier alpha value is -1.72. The second kappa shape index (κ2) is 6.63. The van der Waals surface area contributed by atoms with E-state index in [0.29, 0.717) is 4.47 Å². The Kier molecular flexibility index (Phi) is 4.87. The van der Waals surface area contributed by atoms with Gasteiger partial charge in [0.25, 0.3) is 5.91 Å². The van der Waals surface area contributed by atoms with Gasteiger partial charge in [0.15, 0.2) is 0 Å². The molecule has 2 aromatic rings. The number of hydrogen-bond donors (Lipinski definition) is 2. The molecule has 3 nitrogen and oxygen atoms in total. The van der Waals surface area contributed by atoms with Crippen molar-refractivity contribution in [2.45, 2.75) is 13.2 Å². The van der Waals surface area contributed by atoms with Crippen molar-refractivity contribution in [3.63, 3.8) is 0 Å². The van der Waals surface area contributed by atoms with Crippen molar-refractivity contribution in [2.75, 3.05) is 0 Å².